The Bertz CT molecular complexity index is 787. The number of thiazole rings is 1. The van der Waals surface area contributed by atoms with Gasteiger partial charge >= 0.3 is 0 Å². The Morgan fingerprint density at radius 2 is 1.97 bits per heavy atom. The molecule has 0 spiro atoms. The minimum Gasteiger partial charge on any atom is -0.336 e. The van der Waals surface area contributed by atoms with Crippen LogP contribution in [0.15, 0.2) is 36.5 Å². The Labute approximate surface area is 178 Å². The average molecular weight is 413 g/mol. The first-order valence-electron chi connectivity index (χ1n) is 10.9. The number of likely N-dealkylation sites (tertiary alicyclic amines) is 2. The molecule has 1 aromatic carbocycles. The van der Waals surface area contributed by atoms with Gasteiger partial charge in [-0.1, -0.05) is 30.3 Å². The standard InChI is InChI=1S/C23H32N4OS/c1-25(15-11-19-8-3-2-4-9-19)20-10-7-14-27(17-20)23(28)21-16-24-22(29-21)18-26-12-5-6-13-26/h2-4,8-9,16,20H,5-7,10-15,17-18H2,1H3. The van der Waals surface area contributed by atoms with Crippen LogP contribution in [0, 0.1) is 0 Å². The van der Waals surface area contributed by atoms with E-state index in [-0.39, 0.29) is 5.91 Å². The molecule has 0 radical (unpaired) electrons. The van der Waals surface area contributed by atoms with E-state index in [2.05, 4.69) is 52.2 Å². The Morgan fingerprint density at radius 3 is 2.76 bits per heavy atom. The predicted molar refractivity (Wildman–Crippen MR) is 118 cm³/mol. The summed E-state index contributed by atoms with van der Waals surface area (Å²) in [5.74, 6) is 0.163. The molecule has 5 nitrogen and oxygen atoms in total. The number of amides is 1. The maximum absolute atomic E-state index is 13.1. The third-order valence-corrected chi connectivity index (χ3v) is 7.20. The molecule has 0 N–H and O–H groups in total. The normalized spacial score (nSPS) is 20.5. The van der Waals surface area contributed by atoms with Gasteiger partial charge in [0.15, 0.2) is 0 Å². The van der Waals surface area contributed by atoms with Gasteiger partial charge in [0.2, 0.25) is 0 Å². The minimum atomic E-state index is 0.163. The van der Waals surface area contributed by atoms with Crippen molar-refractivity contribution in [1.29, 1.82) is 0 Å². The lowest BCUT2D eigenvalue weighted by Gasteiger charge is -2.37. The number of carbonyl (C=O) groups is 1. The fourth-order valence-electron chi connectivity index (χ4n) is 4.40. The van der Waals surface area contributed by atoms with E-state index in [4.69, 9.17) is 0 Å². The molecule has 2 aliphatic heterocycles. The topological polar surface area (TPSA) is 39.7 Å². The highest BCUT2D eigenvalue weighted by atomic mass is 32.1. The monoisotopic (exact) mass is 412 g/mol. The van der Waals surface area contributed by atoms with Crippen molar-refractivity contribution in [2.45, 2.75) is 44.7 Å². The van der Waals surface area contributed by atoms with Crippen LogP contribution >= 0.6 is 11.3 Å². The Morgan fingerprint density at radius 1 is 1.17 bits per heavy atom. The molecule has 2 aromatic rings. The summed E-state index contributed by atoms with van der Waals surface area (Å²) in [7, 11) is 2.20. The number of nitrogens with zero attached hydrogens (tertiary/aromatic N) is 4. The van der Waals surface area contributed by atoms with Crippen LogP contribution in [0.25, 0.3) is 0 Å². The lowest BCUT2D eigenvalue weighted by atomic mass is 10.0. The molecule has 4 rings (SSSR count). The van der Waals surface area contributed by atoms with Crippen LogP contribution in [0.1, 0.15) is 45.9 Å². The summed E-state index contributed by atoms with van der Waals surface area (Å²) in [4.78, 5) is 25.3. The van der Waals surface area contributed by atoms with Crippen LogP contribution in [0.5, 0.6) is 0 Å². The molecule has 1 aromatic heterocycles. The molecule has 2 fully saturated rings. The first-order valence-corrected chi connectivity index (χ1v) is 11.7. The van der Waals surface area contributed by atoms with Gasteiger partial charge in [0, 0.05) is 25.7 Å². The van der Waals surface area contributed by atoms with Crippen molar-refractivity contribution < 1.29 is 4.79 Å². The lowest BCUT2D eigenvalue weighted by molar-refractivity contribution is 0.0616. The average Bonchev–Trinajstić information content (AvgIpc) is 3.45. The van der Waals surface area contributed by atoms with Gasteiger partial charge in [0.05, 0.1) is 12.7 Å². The van der Waals surface area contributed by atoms with E-state index in [1.54, 1.807) is 17.5 Å². The molecule has 29 heavy (non-hydrogen) atoms. The molecule has 3 heterocycles. The van der Waals surface area contributed by atoms with Gasteiger partial charge in [-0.2, -0.15) is 0 Å². The van der Waals surface area contributed by atoms with Crippen molar-refractivity contribution in [2.75, 3.05) is 39.8 Å². The van der Waals surface area contributed by atoms with Crippen molar-refractivity contribution in [3.05, 3.63) is 52.0 Å². The number of hydrogen-bond donors (Lipinski definition) is 0. The van der Waals surface area contributed by atoms with Crippen molar-refractivity contribution in [1.82, 2.24) is 19.7 Å². The largest absolute Gasteiger partial charge is 0.336 e. The van der Waals surface area contributed by atoms with Crippen molar-refractivity contribution in [3.63, 3.8) is 0 Å². The SMILES string of the molecule is CN(CCc1ccccc1)C1CCCN(C(=O)c2cnc(CN3CCCC3)s2)C1. The van der Waals surface area contributed by atoms with Gasteiger partial charge in [-0.3, -0.25) is 9.69 Å². The third-order valence-electron chi connectivity index (χ3n) is 6.22. The quantitative estimate of drug-likeness (QED) is 0.698. The molecule has 2 aliphatic rings. The second-order valence-electron chi connectivity index (χ2n) is 8.36. The summed E-state index contributed by atoms with van der Waals surface area (Å²) in [5.41, 5.74) is 1.37. The number of likely N-dealkylation sites (N-methyl/N-ethyl adjacent to an activating group) is 1. The van der Waals surface area contributed by atoms with Crippen LogP contribution in [0.4, 0.5) is 0 Å². The van der Waals surface area contributed by atoms with Gasteiger partial charge in [-0.15, -0.1) is 11.3 Å². The van der Waals surface area contributed by atoms with Crippen LogP contribution in [-0.2, 0) is 13.0 Å². The Balaban J connectivity index is 1.30. The molecule has 1 atom stereocenters. The van der Waals surface area contributed by atoms with E-state index in [1.165, 1.54) is 18.4 Å². The van der Waals surface area contributed by atoms with E-state index in [9.17, 15) is 4.79 Å². The first kappa shape index (κ1) is 20.5. The number of benzene rings is 1. The molecule has 1 amide bonds. The van der Waals surface area contributed by atoms with E-state index >= 15 is 0 Å². The Kier molecular flexibility index (Phi) is 6.95. The minimum absolute atomic E-state index is 0.163. The third kappa shape index (κ3) is 5.44. The van der Waals surface area contributed by atoms with Gasteiger partial charge in [0.25, 0.3) is 5.91 Å². The van der Waals surface area contributed by atoms with Gasteiger partial charge in [-0.25, -0.2) is 4.98 Å². The van der Waals surface area contributed by atoms with Crippen molar-refractivity contribution in [3.8, 4) is 0 Å². The van der Waals surface area contributed by atoms with Gasteiger partial charge in [0.1, 0.15) is 9.88 Å². The summed E-state index contributed by atoms with van der Waals surface area (Å²) in [6.45, 7) is 5.92. The molecule has 0 aliphatic carbocycles. The highest BCUT2D eigenvalue weighted by molar-refractivity contribution is 7.13. The molecule has 0 bridgehead atoms. The van der Waals surface area contributed by atoms with E-state index in [0.717, 1.165) is 68.4 Å². The summed E-state index contributed by atoms with van der Waals surface area (Å²) >= 11 is 1.58. The molecule has 2 saturated heterocycles. The Hall–Kier alpha value is -1.76. The number of carbonyl (C=O) groups excluding carboxylic acids is 1. The summed E-state index contributed by atoms with van der Waals surface area (Å²) in [6.07, 6.45) is 7.65. The second-order valence-corrected chi connectivity index (χ2v) is 9.48. The summed E-state index contributed by atoms with van der Waals surface area (Å²) in [6, 6.07) is 11.1. The maximum Gasteiger partial charge on any atom is 0.265 e. The number of piperidine rings is 1. The van der Waals surface area contributed by atoms with Gasteiger partial charge < -0.3 is 9.80 Å². The molecular formula is C23H32N4OS. The zero-order valence-corrected chi connectivity index (χ0v) is 18.2. The molecule has 156 valence electrons. The zero-order valence-electron chi connectivity index (χ0n) is 17.4. The molecular weight excluding hydrogens is 380 g/mol. The highest BCUT2D eigenvalue weighted by Gasteiger charge is 2.28. The van der Waals surface area contributed by atoms with Crippen molar-refractivity contribution >= 4 is 17.2 Å². The number of rotatable bonds is 7. The van der Waals surface area contributed by atoms with Crippen molar-refractivity contribution in [2.24, 2.45) is 0 Å². The van der Waals surface area contributed by atoms with Crippen LogP contribution in [0.3, 0.4) is 0 Å². The van der Waals surface area contributed by atoms with Crippen LogP contribution in [0.2, 0.25) is 0 Å². The van der Waals surface area contributed by atoms with Crippen LogP contribution < -0.4 is 0 Å². The highest BCUT2D eigenvalue weighted by Crippen LogP contribution is 2.22. The molecule has 0 saturated carbocycles. The van der Waals surface area contributed by atoms with E-state index in [1.807, 2.05) is 4.90 Å². The first-order chi connectivity index (χ1) is 14.2. The number of hydrogen-bond acceptors (Lipinski definition) is 5. The van der Waals surface area contributed by atoms with Gasteiger partial charge in [-0.05, 0) is 57.8 Å². The number of aromatic nitrogens is 1. The molecule has 1 unspecified atom stereocenters. The van der Waals surface area contributed by atoms with Crippen LogP contribution in [-0.4, -0.2) is 71.4 Å². The second kappa shape index (κ2) is 9.83. The summed E-state index contributed by atoms with van der Waals surface area (Å²) < 4.78 is 0. The van der Waals surface area contributed by atoms with E-state index in [0.29, 0.717) is 6.04 Å². The zero-order chi connectivity index (χ0) is 20.1. The smallest absolute Gasteiger partial charge is 0.265 e. The van der Waals surface area contributed by atoms with E-state index < -0.39 is 0 Å². The molecule has 6 heteroatoms. The lowest BCUT2D eigenvalue weighted by Crippen LogP contribution is -2.48. The fraction of sp³-hybridized carbons (Fsp3) is 0.565. The fourth-order valence-corrected chi connectivity index (χ4v) is 5.33. The predicted octanol–water partition coefficient (Wildman–Crippen LogP) is 3.52. The summed E-state index contributed by atoms with van der Waals surface area (Å²) in [5, 5.41) is 1.07. The maximum atomic E-state index is 13.1.